The SMILES string of the molecule is Bc1cnn2c(Nc3ccc(S(=O)(=O)O)cc3)cc(-c3ccccc3)nc12. The van der Waals surface area contributed by atoms with E-state index in [4.69, 9.17) is 9.54 Å². The molecule has 2 heterocycles. The minimum atomic E-state index is -4.22. The summed E-state index contributed by atoms with van der Waals surface area (Å²) in [6, 6.07) is 17.5. The van der Waals surface area contributed by atoms with Gasteiger partial charge < -0.3 is 5.32 Å². The fraction of sp³-hybridized carbons (Fsp3) is 0. The van der Waals surface area contributed by atoms with Crippen LogP contribution in [0, 0.1) is 0 Å². The molecule has 9 heteroatoms. The van der Waals surface area contributed by atoms with E-state index in [2.05, 4.69) is 10.4 Å². The lowest BCUT2D eigenvalue weighted by Gasteiger charge is -2.11. The molecule has 0 radical (unpaired) electrons. The van der Waals surface area contributed by atoms with Crippen molar-refractivity contribution in [2.75, 3.05) is 5.32 Å². The van der Waals surface area contributed by atoms with Crippen LogP contribution in [-0.4, -0.2) is 35.4 Å². The summed E-state index contributed by atoms with van der Waals surface area (Å²) in [4.78, 5) is 4.54. The number of fused-ring (bicyclic) bond motifs is 1. The van der Waals surface area contributed by atoms with Gasteiger partial charge in [-0.05, 0) is 29.7 Å². The standard InChI is InChI=1S/C18H15BN4O3S/c19-15-11-20-23-17(21-13-6-8-14(9-7-13)27(24,25)26)10-16(22-18(15)23)12-4-2-1-3-5-12/h1-11,21H,19H2,(H,24,25,26). The van der Waals surface area contributed by atoms with Crippen LogP contribution in [0.25, 0.3) is 16.9 Å². The van der Waals surface area contributed by atoms with Crippen LogP contribution in [0.3, 0.4) is 0 Å². The van der Waals surface area contributed by atoms with Gasteiger partial charge in [-0.1, -0.05) is 30.3 Å². The Balaban J connectivity index is 1.79. The Morgan fingerprint density at radius 2 is 1.74 bits per heavy atom. The van der Waals surface area contributed by atoms with E-state index in [0.717, 1.165) is 22.4 Å². The van der Waals surface area contributed by atoms with Crippen LogP contribution in [-0.2, 0) is 10.1 Å². The molecule has 0 saturated carbocycles. The van der Waals surface area contributed by atoms with Crippen molar-refractivity contribution < 1.29 is 13.0 Å². The van der Waals surface area contributed by atoms with Gasteiger partial charge in [0.1, 0.15) is 13.7 Å². The first-order valence-corrected chi connectivity index (χ1v) is 9.61. The second-order valence-electron chi connectivity index (χ2n) is 6.08. The van der Waals surface area contributed by atoms with Crippen LogP contribution in [0.15, 0.2) is 71.8 Å². The smallest absolute Gasteiger partial charge is 0.294 e. The van der Waals surface area contributed by atoms with Crippen LogP contribution in [0.5, 0.6) is 0 Å². The second kappa shape index (κ2) is 6.53. The molecular formula is C18H15BN4O3S. The van der Waals surface area contributed by atoms with Gasteiger partial charge in [0.2, 0.25) is 0 Å². The first kappa shape index (κ1) is 17.3. The molecule has 0 aliphatic rings. The molecule has 0 fully saturated rings. The highest BCUT2D eigenvalue weighted by molar-refractivity contribution is 7.85. The maximum absolute atomic E-state index is 11.2. The lowest BCUT2D eigenvalue weighted by molar-refractivity contribution is 0.483. The third-order valence-electron chi connectivity index (χ3n) is 4.14. The molecule has 0 bridgehead atoms. The van der Waals surface area contributed by atoms with Crippen molar-refractivity contribution in [2.45, 2.75) is 4.90 Å². The Labute approximate surface area is 156 Å². The molecule has 2 N–H and O–H groups in total. The van der Waals surface area contributed by atoms with E-state index in [1.54, 1.807) is 22.8 Å². The lowest BCUT2D eigenvalue weighted by atomic mass is 10.0. The maximum atomic E-state index is 11.2. The van der Waals surface area contributed by atoms with E-state index in [-0.39, 0.29) is 4.90 Å². The Morgan fingerprint density at radius 3 is 2.41 bits per heavy atom. The van der Waals surface area contributed by atoms with Crippen molar-refractivity contribution in [2.24, 2.45) is 0 Å². The summed E-state index contributed by atoms with van der Waals surface area (Å²) in [5.41, 5.74) is 4.10. The van der Waals surface area contributed by atoms with Crippen LogP contribution < -0.4 is 10.8 Å². The molecule has 4 rings (SSSR count). The summed E-state index contributed by atoms with van der Waals surface area (Å²) < 4.78 is 33.2. The molecule has 27 heavy (non-hydrogen) atoms. The molecule has 4 aromatic rings. The molecule has 2 aromatic heterocycles. The topological polar surface area (TPSA) is 96.6 Å². The number of hydrogen-bond acceptors (Lipinski definition) is 5. The normalized spacial score (nSPS) is 11.6. The molecule has 134 valence electrons. The minimum absolute atomic E-state index is 0.159. The molecule has 0 aliphatic carbocycles. The predicted octanol–water partition coefficient (Wildman–Crippen LogP) is 1.64. The Hall–Kier alpha value is -3.17. The molecule has 2 aromatic carbocycles. The summed E-state index contributed by atoms with van der Waals surface area (Å²) in [6.45, 7) is 0. The second-order valence-corrected chi connectivity index (χ2v) is 7.50. The summed E-state index contributed by atoms with van der Waals surface area (Å²) >= 11 is 0. The van der Waals surface area contributed by atoms with E-state index in [0.29, 0.717) is 11.5 Å². The molecule has 0 aliphatic heterocycles. The van der Waals surface area contributed by atoms with E-state index in [1.165, 1.54) is 12.1 Å². The van der Waals surface area contributed by atoms with E-state index < -0.39 is 10.1 Å². The van der Waals surface area contributed by atoms with Crippen molar-refractivity contribution in [1.82, 2.24) is 14.6 Å². The largest absolute Gasteiger partial charge is 0.340 e. The van der Waals surface area contributed by atoms with Crippen molar-refractivity contribution in [3.05, 3.63) is 66.9 Å². The van der Waals surface area contributed by atoms with Gasteiger partial charge >= 0.3 is 0 Å². The molecule has 0 spiro atoms. The van der Waals surface area contributed by atoms with Crippen molar-refractivity contribution in [3.63, 3.8) is 0 Å². The van der Waals surface area contributed by atoms with E-state index in [1.807, 2.05) is 44.2 Å². The van der Waals surface area contributed by atoms with Crippen LogP contribution >= 0.6 is 0 Å². The highest BCUT2D eigenvalue weighted by Gasteiger charge is 2.12. The summed E-state index contributed by atoms with van der Waals surface area (Å²) in [5, 5.41) is 7.59. The molecule has 0 amide bonds. The zero-order valence-electron chi connectivity index (χ0n) is 14.4. The number of hydrogen-bond donors (Lipinski definition) is 2. The Morgan fingerprint density at radius 1 is 1.04 bits per heavy atom. The average Bonchev–Trinajstić information content (AvgIpc) is 3.03. The third-order valence-corrected chi connectivity index (χ3v) is 5.01. The number of nitrogens with one attached hydrogen (secondary N) is 1. The fourth-order valence-corrected chi connectivity index (χ4v) is 3.26. The van der Waals surface area contributed by atoms with Crippen molar-refractivity contribution in [1.29, 1.82) is 0 Å². The van der Waals surface area contributed by atoms with E-state index in [9.17, 15) is 8.42 Å². The van der Waals surface area contributed by atoms with Crippen LogP contribution in [0.4, 0.5) is 11.5 Å². The summed E-state index contributed by atoms with van der Waals surface area (Å²) in [6.07, 6.45) is 1.74. The number of nitrogens with zero attached hydrogens (tertiary/aromatic N) is 3. The van der Waals surface area contributed by atoms with Crippen LogP contribution in [0.2, 0.25) is 0 Å². The van der Waals surface area contributed by atoms with Gasteiger partial charge in [0, 0.05) is 23.5 Å². The van der Waals surface area contributed by atoms with Crippen molar-refractivity contribution in [3.8, 4) is 11.3 Å². The minimum Gasteiger partial charge on any atom is -0.340 e. The lowest BCUT2D eigenvalue weighted by Crippen LogP contribution is -2.07. The summed E-state index contributed by atoms with van der Waals surface area (Å²) in [7, 11) is -2.28. The zero-order valence-corrected chi connectivity index (χ0v) is 15.2. The Bertz CT molecular complexity index is 1220. The number of aromatic nitrogens is 3. The highest BCUT2D eigenvalue weighted by Crippen LogP contribution is 2.24. The zero-order chi connectivity index (χ0) is 19.0. The monoisotopic (exact) mass is 378 g/mol. The molecule has 7 nitrogen and oxygen atoms in total. The third kappa shape index (κ3) is 3.42. The fourth-order valence-electron chi connectivity index (χ4n) is 2.78. The van der Waals surface area contributed by atoms with Crippen molar-refractivity contribution >= 4 is 40.6 Å². The highest BCUT2D eigenvalue weighted by atomic mass is 32.2. The Kier molecular flexibility index (Phi) is 4.17. The van der Waals surface area contributed by atoms with Gasteiger partial charge in [0.05, 0.1) is 10.6 Å². The predicted molar refractivity (Wildman–Crippen MR) is 106 cm³/mol. The quantitative estimate of drug-likeness (QED) is 0.414. The van der Waals surface area contributed by atoms with Gasteiger partial charge in [-0.15, -0.1) is 0 Å². The average molecular weight is 378 g/mol. The van der Waals surface area contributed by atoms with Gasteiger partial charge in [-0.2, -0.15) is 18.0 Å². The first-order valence-electron chi connectivity index (χ1n) is 8.17. The summed E-state index contributed by atoms with van der Waals surface area (Å²) in [5.74, 6) is 0.687. The molecular weight excluding hydrogens is 363 g/mol. The van der Waals surface area contributed by atoms with Gasteiger partial charge in [-0.3, -0.25) is 4.55 Å². The number of rotatable bonds is 4. The number of anilines is 2. The van der Waals surface area contributed by atoms with Crippen LogP contribution in [0.1, 0.15) is 0 Å². The number of benzene rings is 2. The van der Waals surface area contributed by atoms with Gasteiger partial charge in [0.15, 0.2) is 5.65 Å². The van der Waals surface area contributed by atoms with Gasteiger partial charge in [-0.25, -0.2) is 4.98 Å². The molecule has 0 saturated heterocycles. The first-order chi connectivity index (χ1) is 12.9. The van der Waals surface area contributed by atoms with Gasteiger partial charge in [0.25, 0.3) is 10.1 Å². The maximum Gasteiger partial charge on any atom is 0.294 e. The van der Waals surface area contributed by atoms with E-state index >= 15 is 0 Å². The molecule has 0 atom stereocenters. The molecule has 0 unspecified atom stereocenters.